The Balaban J connectivity index is 1.62. The van der Waals surface area contributed by atoms with Gasteiger partial charge in [0.05, 0.1) is 5.56 Å². The highest BCUT2D eigenvalue weighted by atomic mass is 16.5. The minimum atomic E-state index is -0.886. The summed E-state index contributed by atoms with van der Waals surface area (Å²) in [7, 11) is 0. The zero-order valence-electron chi connectivity index (χ0n) is 14.5. The van der Waals surface area contributed by atoms with Crippen molar-refractivity contribution in [1.82, 2.24) is 4.90 Å². The number of carbonyl (C=O) groups is 3. The van der Waals surface area contributed by atoms with Crippen LogP contribution in [0.5, 0.6) is 0 Å². The molecule has 0 saturated heterocycles. The molecule has 1 heterocycles. The molecule has 0 aromatic heterocycles. The highest BCUT2D eigenvalue weighted by Gasteiger charge is 2.27. The van der Waals surface area contributed by atoms with Crippen molar-refractivity contribution in [3.05, 3.63) is 70.8 Å². The van der Waals surface area contributed by atoms with E-state index in [-0.39, 0.29) is 11.5 Å². The van der Waals surface area contributed by atoms with Gasteiger partial charge in [0.25, 0.3) is 5.91 Å². The molecule has 0 saturated carbocycles. The van der Waals surface area contributed by atoms with E-state index in [2.05, 4.69) is 6.07 Å². The van der Waals surface area contributed by atoms with Crippen molar-refractivity contribution >= 4 is 17.8 Å². The average Bonchev–Trinajstić information content (AvgIpc) is 2.67. The van der Waals surface area contributed by atoms with Gasteiger partial charge in [0.1, 0.15) is 0 Å². The van der Waals surface area contributed by atoms with E-state index in [1.54, 1.807) is 11.8 Å². The van der Waals surface area contributed by atoms with Crippen molar-refractivity contribution in [3.8, 4) is 0 Å². The number of carbonyl (C=O) groups excluding carboxylic acids is 3. The minimum Gasteiger partial charge on any atom is -0.449 e. The lowest BCUT2D eigenvalue weighted by Gasteiger charge is -2.30. The Labute approximate surface area is 151 Å². The molecule has 1 unspecified atom stereocenters. The Bertz CT molecular complexity index is 845. The molecule has 0 aliphatic carbocycles. The second-order valence-electron chi connectivity index (χ2n) is 6.27. The summed E-state index contributed by atoms with van der Waals surface area (Å²) in [5.74, 6) is -1.40. The fraction of sp³-hybridized carbons (Fsp3) is 0.250. The standard InChI is InChI=1S/C20H20N2O4/c1-13(26-20(25)16-8-6-15(7-9-16)18(21)23)19(24)22-11-10-14-4-2-3-5-17(14)12-22/h2-9,13H,10-12H2,1H3,(H2,21,23). The van der Waals surface area contributed by atoms with Gasteiger partial charge < -0.3 is 15.4 Å². The molecule has 2 aromatic carbocycles. The van der Waals surface area contributed by atoms with Gasteiger partial charge in [-0.3, -0.25) is 9.59 Å². The van der Waals surface area contributed by atoms with Gasteiger partial charge in [0, 0.05) is 18.7 Å². The molecule has 2 N–H and O–H groups in total. The van der Waals surface area contributed by atoms with Crippen LogP contribution in [0.4, 0.5) is 0 Å². The van der Waals surface area contributed by atoms with Crippen LogP contribution in [0.1, 0.15) is 38.8 Å². The van der Waals surface area contributed by atoms with Crippen LogP contribution < -0.4 is 5.73 Å². The third kappa shape index (κ3) is 3.74. The molecule has 0 radical (unpaired) electrons. The van der Waals surface area contributed by atoms with Crippen molar-refractivity contribution in [2.24, 2.45) is 5.73 Å². The number of nitrogens with zero attached hydrogens (tertiary/aromatic N) is 1. The molecule has 26 heavy (non-hydrogen) atoms. The third-order valence-electron chi connectivity index (χ3n) is 4.48. The van der Waals surface area contributed by atoms with Gasteiger partial charge in [-0.2, -0.15) is 0 Å². The number of amides is 2. The number of hydrogen-bond donors (Lipinski definition) is 1. The summed E-state index contributed by atoms with van der Waals surface area (Å²) >= 11 is 0. The topological polar surface area (TPSA) is 89.7 Å². The summed E-state index contributed by atoms with van der Waals surface area (Å²) < 4.78 is 5.29. The van der Waals surface area contributed by atoms with Gasteiger partial charge >= 0.3 is 5.97 Å². The molecule has 6 heteroatoms. The normalized spacial score (nSPS) is 14.3. The first-order valence-corrected chi connectivity index (χ1v) is 8.42. The number of benzene rings is 2. The van der Waals surface area contributed by atoms with Crippen molar-refractivity contribution < 1.29 is 19.1 Å². The Kier molecular flexibility index (Phi) is 5.02. The van der Waals surface area contributed by atoms with Crippen LogP contribution in [0.25, 0.3) is 0 Å². The number of hydrogen-bond acceptors (Lipinski definition) is 4. The molecular formula is C20H20N2O4. The first kappa shape index (κ1) is 17.7. The molecule has 6 nitrogen and oxygen atoms in total. The summed E-state index contributed by atoms with van der Waals surface area (Å²) in [6.07, 6.45) is -0.0967. The fourth-order valence-electron chi connectivity index (χ4n) is 2.99. The van der Waals surface area contributed by atoms with E-state index >= 15 is 0 Å². The SMILES string of the molecule is CC(OC(=O)c1ccc(C(N)=O)cc1)C(=O)N1CCc2ccccc2C1. The highest BCUT2D eigenvalue weighted by Crippen LogP contribution is 2.19. The van der Waals surface area contributed by atoms with Crippen LogP contribution in [0.15, 0.2) is 48.5 Å². The van der Waals surface area contributed by atoms with Crippen LogP contribution in [0.2, 0.25) is 0 Å². The smallest absolute Gasteiger partial charge is 0.338 e. The van der Waals surface area contributed by atoms with Crippen LogP contribution in [-0.2, 0) is 22.5 Å². The Morgan fingerprint density at radius 2 is 1.62 bits per heavy atom. The molecule has 2 aromatic rings. The zero-order chi connectivity index (χ0) is 18.7. The van der Waals surface area contributed by atoms with Crippen molar-refractivity contribution in [1.29, 1.82) is 0 Å². The lowest BCUT2D eigenvalue weighted by Crippen LogP contribution is -2.42. The van der Waals surface area contributed by atoms with Gasteiger partial charge in [0.15, 0.2) is 6.10 Å². The maximum absolute atomic E-state index is 12.6. The van der Waals surface area contributed by atoms with Crippen LogP contribution >= 0.6 is 0 Å². The lowest BCUT2D eigenvalue weighted by molar-refractivity contribution is -0.140. The Hall–Kier alpha value is -3.15. The molecule has 0 spiro atoms. The van der Waals surface area contributed by atoms with Gasteiger partial charge in [-0.1, -0.05) is 24.3 Å². The minimum absolute atomic E-state index is 0.221. The van der Waals surface area contributed by atoms with E-state index in [4.69, 9.17) is 10.5 Å². The molecule has 1 aliphatic rings. The summed E-state index contributed by atoms with van der Waals surface area (Å²) in [6, 6.07) is 13.8. The maximum atomic E-state index is 12.6. The van der Waals surface area contributed by atoms with E-state index in [1.807, 2.05) is 18.2 Å². The highest BCUT2D eigenvalue weighted by molar-refractivity contribution is 5.96. The van der Waals surface area contributed by atoms with Crippen LogP contribution in [0, 0.1) is 0 Å². The molecule has 0 bridgehead atoms. The van der Waals surface area contributed by atoms with Crippen molar-refractivity contribution in [2.45, 2.75) is 26.0 Å². The van der Waals surface area contributed by atoms with E-state index in [9.17, 15) is 14.4 Å². The summed E-state index contributed by atoms with van der Waals surface area (Å²) in [4.78, 5) is 37.6. The van der Waals surface area contributed by atoms with Gasteiger partial charge in [-0.05, 0) is 48.7 Å². The van der Waals surface area contributed by atoms with Crippen LogP contribution in [-0.4, -0.2) is 35.3 Å². The second kappa shape index (κ2) is 7.39. The number of esters is 1. The van der Waals surface area contributed by atoms with E-state index in [1.165, 1.54) is 29.8 Å². The number of fused-ring (bicyclic) bond motifs is 1. The van der Waals surface area contributed by atoms with E-state index in [0.29, 0.717) is 18.7 Å². The van der Waals surface area contributed by atoms with Crippen molar-refractivity contribution in [3.63, 3.8) is 0 Å². The van der Waals surface area contributed by atoms with E-state index in [0.717, 1.165) is 12.0 Å². The first-order chi connectivity index (χ1) is 12.5. The lowest BCUT2D eigenvalue weighted by atomic mass is 9.99. The van der Waals surface area contributed by atoms with E-state index < -0.39 is 18.0 Å². The van der Waals surface area contributed by atoms with Gasteiger partial charge in [-0.15, -0.1) is 0 Å². The molecule has 1 aliphatic heterocycles. The molecule has 2 amide bonds. The van der Waals surface area contributed by atoms with Gasteiger partial charge in [-0.25, -0.2) is 4.79 Å². The number of rotatable bonds is 4. The monoisotopic (exact) mass is 352 g/mol. The van der Waals surface area contributed by atoms with Gasteiger partial charge in [0.2, 0.25) is 5.91 Å². The quantitative estimate of drug-likeness (QED) is 0.851. The second-order valence-corrected chi connectivity index (χ2v) is 6.27. The Morgan fingerprint density at radius 3 is 2.27 bits per heavy atom. The summed E-state index contributed by atoms with van der Waals surface area (Å²) in [6.45, 7) is 2.69. The molecule has 1 atom stereocenters. The number of nitrogens with two attached hydrogens (primary N) is 1. The number of ether oxygens (including phenoxy) is 1. The van der Waals surface area contributed by atoms with Crippen molar-refractivity contribution in [2.75, 3.05) is 6.54 Å². The first-order valence-electron chi connectivity index (χ1n) is 8.42. The summed E-state index contributed by atoms with van der Waals surface area (Å²) in [5, 5.41) is 0. The fourth-order valence-corrected chi connectivity index (χ4v) is 2.99. The zero-order valence-corrected chi connectivity index (χ0v) is 14.5. The third-order valence-corrected chi connectivity index (χ3v) is 4.48. The molecule has 0 fully saturated rings. The Morgan fingerprint density at radius 1 is 1.00 bits per heavy atom. The maximum Gasteiger partial charge on any atom is 0.338 e. The molecule has 134 valence electrons. The molecular weight excluding hydrogens is 332 g/mol. The molecule has 3 rings (SSSR count). The largest absolute Gasteiger partial charge is 0.449 e. The summed E-state index contributed by atoms with van der Waals surface area (Å²) in [5.41, 5.74) is 8.10. The predicted octanol–water partition coefficient (Wildman–Crippen LogP) is 1.92. The average molecular weight is 352 g/mol. The van der Waals surface area contributed by atoms with Crippen LogP contribution in [0.3, 0.4) is 0 Å². The number of primary amides is 1. The predicted molar refractivity (Wildman–Crippen MR) is 95.4 cm³/mol.